The van der Waals surface area contributed by atoms with Crippen molar-refractivity contribution >= 4 is 18.0 Å². The first kappa shape index (κ1) is 16.6. The summed E-state index contributed by atoms with van der Waals surface area (Å²) in [6.45, 7) is 1.69. The van der Waals surface area contributed by atoms with Crippen LogP contribution < -0.4 is 14.2 Å². The molecule has 0 saturated heterocycles. The molecule has 0 saturated carbocycles. The van der Waals surface area contributed by atoms with Crippen molar-refractivity contribution in [3.63, 3.8) is 0 Å². The van der Waals surface area contributed by atoms with E-state index in [1.165, 1.54) is 27.4 Å². The zero-order chi connectivity index (χ0) is 15.8. The van der Waals surface area contributed by atoms with E-state index in [-0.39, 0.29) is 12.2 Å². The molecule has 0 heterocycles. The second kappa shape index (κ2) is 7.94. The highest BCUT2D eigenvalue weighted by atomic mass is 16.6. The van der Waals surface area contributed by atoms with Gasteiger partial charge in [0.15, 0.2) is 11.5 Å². The maximum absolute atomic E-state index is 11.4. The second-order valence-corrected chi connectivity index (χ2v) is 3.94. The molecule has 21 heavy (non-hydrogen) atoms. The Morgan fingerprint density at radius 2 is 1.67 bits per heavy atom. The Morgan fingerprint density at radius 1 is 1.10 bits per heavy atom. The molecule has 0 atom stereocenters. The summed E-state index contributed by atoms with van der Waals surface area (Å²) in [5, 5.41) is 0. The maximum atomic E-state index is 11.4. The third-order valence-electron chi connectivity index (χ3n) is 2.60. The number of methoxy groups -OCH3 is 3. The Morgan fingerprint density at radius 3 is 2.10 bits per heavy atom. The molecule has 1 aromatic rings. The molecule has 0 amide bonds. The van der Waals surface area contributed by atoms with E-state index in [2.05, 4.69) is 4.74 Å². The Kier molecular flexibility index (Phi) is 6.26. The minimum atomic E-state index is -0.477. The van der Waals surface area contributed by atoms with Crippen molar-refractivity contribution in [2.45, 2.75) is 13.3 Å². The van der Waals surface area contributed by atoms with Gasteiger partial charge in [-0.15, -0.1) is 0 Å². The fourth-order valence-electron chi connectivity index (χ4n) is 1.52. The number of carbonyl (C=O) groups excluding carboxylic acids is 2. The summed E-state index contributed by atoms with van der Waals surface area (Å²) < 4.78 is 20.1. The summed E-state index contributed by atoms with van der Waals surface area (Å²) in [5.74, 6) is 0.00211. The molecule has 0 N–H and O–H groups in total. The van der Waals surface area contributed by atoms with E-state index in [9.17, 15) is 9.59 Å². The highest BCUT2D eigenvalue weighted by Gasteiger charge is 2.16. The van der Waals surface area contributed by atoms with Crippen LogP contribution in [0.15, 0.2) is 18.2 Å². The van der Waals surface area contributed by atoms with Gasteiger partial charge in [0, 0.05) is 12.5 Å². The van der Waals surface area contributed by atoms with Crippen LogP contribution in [0.5, 0.6) is 17.2 Å². The Bertz CT molecular complexity index is 522. The summed E-state index contributed by atoms with van der Waals surface area (Å²) in [5.41, 5.74) is 0.644. The highest BCUT2D eigenvalue weighted by Crippen LogP contribution is 2.39. The van der Waals surface area contributed by atoms with Gasteiger partial charge in [0.05, 0.1) is 21.3 Å². The first-order chi connectivity index (χ1) is 10.0. The van der Waals surface area contributed by atoms with Crippen molar-refractivity contribution < 1.29 is 28.5 Å². The molecule has 0 aromatic heterocycles. The second-order valence-electron chi connectivity index (χ2n) is 3.94. The fourth-order valence-corrected chi connectivity index (χ4v) is 1.52. The largest absolute Gasteiger partial charge is 0.493 e. The first-order valence-corrected chi connectivity index (χ1v) is 6.28. The Labute approximate surface area is 123 Å². The van der Waals surface area contributed by atoms with Crippen LogP contribution in [0.4, 0.5) is 0 Å². The Hall–Kier alpha value is -2.50. The number of ether oxygens (including phenoxy) is 4. The van der Waals surface area contributed by atoms with Crippen LogP contribution in [-0.4, -0.2) is 33.3 Å². The molecule has 1 rings (SSSR count). The van der Waals surface area contributed by atoms with Crippen molar-refractivity contribution in [2.24, 2.45) is 0 Å². The molecule has 0 bridgehead atoms. The molecule has 0 aliphatic carbocycles. The lowest BCUT2D eigenvalue weighted by Gasteiger charge is -2.13. The predicted molar refractivity (Wildman–Crippen MR) is 76.5 cm³/mol. The van der Waals surface area contributed by atoms with E-state index in [1.54, 1.807) is 25.1 Å². The molecule has 0 unspecified atom stereocenters. The topological polar surface area (TPSA) is 71.1 Å². The first-order valence-electron chi connectivity index (χ1n) is 6.28. The quantitative estimate of drug-likeness (QED) is 0.455. The number of hydrogen-bond donors (Lipinski definition) is 0. The fraction of sp³-hybridized carbons (Fsp3) is 0.333. The Balaban J connectivity index is 3.19. The van der Waals surface area contributed by atoms with Gasteiger partial charge in [-0.05, 0) is 23.8 Å². The van der Waals surface area contributed by atoms with Crippen molar-refractivity contribution in [3.8, 4) is 17.2 Å². The standard InChI is InChI=1S/C15H18O6/c1-5-13(16)21-15-11(18-2)8-10(9-12(15)19-3)6-7-14(17)20-4/h6-9H,5H2,1-4H3/b7-6+. The molecule has 0 fully saturated rings. The molecule has 0 spiro atoms. The van der Waals surface area contributed by atoms with Crippen molar-refractivity contribution in [2.75, 3.05) is 21.3 Å². The molecule has 114 valence electrons. The third-order valence-corrected chi connectivity index (χ3v) is 2.60. The highest BCUT2D eigenvalue weighted by molar-refractivity contribution is 5.87. The van der Waals surface area contributed by atoms with E-state index in [1.807, 2.05) is 0 Å². The van der Waals surface area contributed by atoms with Gasteiger partial charge in [0.1, 0.15) is 0 Å². The van der Waals surface area contributed by atoms with Crippen LogP contribution in [-0.2, 0) is 14.3 Å². The average Bonchev–Trinajstić information content (AvgIpc) is 2.52. The molecule has 0 aliphatic heterocycles. The van der Waals surface area contributed by atoms with E-state index < -0.39 is 11.9 Å². The lowest BCUT2D eigenvalue weighted by molar-refractivity contribution is -0.135. The van der Waals surface area contributed by atoms with Gasteiger partial charge in [0.2, 0.25) is 5.75 Å². The van der Waals surface area contributed by atoms with Crippen LogP contribution in [0.3, 0.4) is 0 Å². The zero-order valence-electron chi connectivity index (χ0n) is 12.5. The number of rotatable bonds is 6. The van der Waals surface area contributed by atoms with E-state index in [0.717, 1.165) is 0 Å². The molecular weight excluding hydrogens is 276 g/mol. The monoisotopic (exact) mass is 294 g/mol. The van der Waals surface area contributed by atoms with Gasteiger partial charge in [-0.3, -0.25) is 4.79 Å². The van der Waals surface area contributed by atoms with Crippen LogP contribution in [0.2, 0.25) is 0 Å². The van der Waals surface area contributed by atoms with Crippen LogP contribution in [0.1, 0.15) is 18.9 Å². The number of hydrogen-bond acceptors (Lipinski definition) is 6. The van der Waals surface area contributed by atoms with Gasteiger partial charge in [-0.25, -0.2) is 4.79 Å². The SMILES string of the molecule is CCC(=O)Oc1c(OC)cc(/C=C/C(=O)OC)cc1OC. The molecule has 1 aromatic carbocycles. The van der Waals surface area contributed by atoms with Crippen molar-refractivity contribution in [3.05, 3.63) is 23.8 Å². The smallest absolute Gasteiger partial charge is 0.330 e. The van der Waals surface area contributed by atoms with Crippen molar-refractivity contribution in [1.29, 1.82) is 0 Å². The van der Waals surface area contributed by atoms with Gasteiger partial charge in [0.25, 0.3) is 0 Å². The average molecular weight is 294 g/mol. The lowest BCUT2D eigenvalue weighted by Crippen LogP contribution is -2.08. The van der Waals surface area contributed by atoms with E-state index in [4.69, 9.17) is 14.2 Å². The molecule has 6 heteroatoms. The maximum Gasteiger partial charge on any atom is 0.330 e. The van der Waals surface area contributed by atoms with Crippen LogP contribution in [0, 0.1) is 0 Å². The zero-order valence-corrected chi connectivity index (χ0v) is 12.5. The van der Waals surface area contributed by atoms with Gasteiger partial charge in [-0.1, -0.05) is 6.92 Å². The van der Waals surface area contributed by atoms with Gasteiger partial charge < -0.3 is 18.9 Å². The summed E-state index contributed by atoms with van der Waals surface area (Å²) >= 11 is 0. The predicted octanol–water partition coefficient (Wildman–Crippen LogP) is 2.21. The normalized spacial score (nSPS) is 10.3. The van der Waals surface area contributed by atoms with Gasteiger partial charge >= 0.3 is 11.9 Å². The molecule has 6 nitrogen and oxygen atoms in total. The molecular formula is C15H18O6. The van der Waals surface area contributed by atoms with Crippen LogP contribution in [0.25, 0.3) is 6.08 Å². The minimum absolute atomic E-state index is 0.210. The number of benzene rings is 1. The summed E-state index contributed by atoms with van der Waals surface area (Å²) in [7, 11) is 4.19. The summed E-state index contributed by atoms with van der Waals surface area (Å²) in [6, 6.07) is 3.25. The summed E-state index contributed by atoms with van der Waals surface area (Å²) in [4.78, 5) is 22.6. The molecule has 0 aliphatic rings. The van der Waals surface area contributed by atoms with E-state index >= 15 is 0 Å². The minimum Gasteiger partial charge on any atom is -0.493 e. The van der Waals surface area contributed by atoms with E-state index in [0.29, 0.717) is 17.1 Å². The number of carbonyl (C=O) groups is 2. The molecule has 0 radical (unpaired) electrons. The van der Waals surface area contributed by atoms with Crippen LogP contribution >= 0.6 is 0 Å². The lowest BCUT2D eigenvalue weighted by atomic mass is 10.1. The third kappa shape index (κ3) is 4.52. The number of esters is 2. The summed E-state index contributed by atoms with van der Waals surface area (Å²) in [6.07, 6.45) is 3.05. The van der Waals surface area contributed by atoms with Crippen molar-refractivity contribution in [1.82, 2.24) is 0 Å². The van der Waals surface area contributed by atoms with Gasteiger partial charge in [-0.2, -0.15) is 0 Å².